The van der Waals surface area contributed by atoms with Crippen LogP contribution in [0, 0.1) is 26.7 Å². The maximum atomic E-state index is 6.44. The number of furan rings is 3. The number of aryl methyl sites for hydroxylation is 6. The third-order valence-corrected chi connectivity index (χ3v) is 20.9. The van der Waals surface area contributed by atoms with Gasteiger partial charge in [-0.3, -0.25) is 0 Å². The first-order valence-electron chi connectivity index (χ1n) is 33.7. The van der Waals surface area contributed by atoms with E-state index in [-0.39, 0.29) is 0 Å². The van der Waals surface area contributed by atoms with Crippen LogP contribution < -0.4 is 13.7 Å². The molecule has 6 aromatic heterocycles. The zero-order chi connectivity index (χ0) is 62.8. The lowest BCUT2D eigenvalue weighted by molar-refractivity contribution is -0.660. The highest BCUT2D eigenvalue weighted by Crippen LogP contribution is 2.43. The van der Waals surface area contributed by atoms with Gasteiger partial charge in [0, 0.05) is 85.4 Å². The lowest BCUT2D eigenvalue weighted by atomic mass is 9.85. The zero-order valence-electron chi connectivity index (χ0n) is 54.2. The minimum Gasteiger partial charge on any atom is -0.456 e. The molecule has 2 aliphatic carbocycles. The van der Waals surface area contributed by atoms with Gasteiger partial charge < -0.3 is 13.3 Å². The van der Waals surface area contributed by atoms with Crippen molar-refractivity contribution in [3.8, 4) is 44.9 Å². The monoisotopic (exact) mass is 1210 g/mol. The Labute approximate surface area is 543 Å². The van der Waals surface area contributed by atoms with Crippen molar-refractivity contribution in [3.63, 3.8) is 0 Å². The zero-order valence-corrected chi connectivity index (χ0v) is 54.2. The summed E-state index contributed by atoms with van der Waals surface area (Å²) in [6.45, 7) is 6.57. The summed E-state index contributed by atoms with van der Waals surface area (Å²) < 4.78 is 25.9. The van der Waals surface area contributed by atoms with Gasteiger partial charge in [0.25, 0.3) is 0 Å². The van der Waals surface area contributed by atoms with Gasteiger partial charge in [-0.1, -0.05) is 166 Å². The van der Waals surface area contributed by atoms with Gasteiger partial charge >= 0.3 is 0 Å². The van der Waals surface area contributed by atoms with Gasteiger partial charge in [-0.25, -0.2) is 13.7 Å². The summed E-state index contributed by atoms with van der Waals surface area (Å²) in [5.74, 6) is 1.56. The van der Waals surface area contributed by atoms with Gasteiger partial charge in [-0.05, 0) is 161 Å². The maximum Gasteiger partial charge on any atom is 0.213 e. The fourth-order valence-corrected chi connectivity index (χ4v) is 15.8. The minimum absolute atomic E-state index is 0.714. The van der Waals surface area contributed by atoms with E-state index in [1.807, 2.05) is 0 Å². The van der Waals surface area contributed by atoms with E-state index in [1.54, 1.807) is 0 Å². The molecular formula is C87H78N3O3+3. The Morgan fingerprint density at radius 2 is 0.753 bits per heavy atom. The number of pyridine rings is 3. The first-order valence-corrected chi connectivity index (χ1v) is 33.7. The van der Waals surface area contributed by atoms with E-state index in [1.165, 1.54) is 202 Å². The highest BCUT2D eigenvalue weighted by atomic mass is 16.3. The number of nitrogens with zero attached hydrogens (tertiary/aromatic N) is 3. The van der Waals surface area contributed by atoms with Crippen LogP contribution in [-0.2, 0) is 27.6 Å². The molecule has 18 rings (SSSR count). The van der Waals surface area contributed by atoms with Crippen molar-refractivity contribution in [3.05, 3.63) is 259 Å². The van der Waals surface area contributed by atoms with Crippen LogP contribution in [0.5, 0.6) is 0 Å². The van der Waals surface area contributed by atoms with E-state index in [9.17, 15) is 0 Å². The third-order valence-electron chi connectivity index (χ3n) is 20.9. The number of hydrogen-bond acceptors (Lipinski definition) is 3. The molecule has 6 heteroatoms. The van der Waals surface area contributed by atoms with Gasteiger partial charge in [0.1, 0.15) is 54.6 Å². The molecule has 2 aliphatic rings. The van der Waals surface area contributed by atoms with Crippen LogP contribution in [0.25, 0.3) is 143 Å². The number of fused-ring (bicyclic) bond motifs is 15. The fourth-order valence-electron chi connectivity index (χ4n) is 15.8. The molecule has 2 saturated carbocycles. The van der Waals surface area contributed by atoms with E-state index in [0.29, 0.717) is 5.92 Å². The first-order chi connectivity index (χ1) is 45.6. The summed E-state index contributed by atoms with van der Waals surface area (Å²) in [4.78, 5) is 0. The lowest BCUT2D eigenvalue weighted by Crippen LogP contribution is -2.31. The van der Waals surface area contributed by atoms with Crippen molar-refractivity contribution < 1.29 is 27.0 Å². The molecule has 16 aromatic rings. The third kappa shape index (κ3) is 10.5. The molecule has 0 N–H and O–H groups in total. The maximum absolute atomic E-state index is 6.44. The number of rotatable bonds is 7. The second-order valence-corrected chi connectivity index (χ2v) is 26.6. The predicted molar refractivity (Wildman–Crippen MR) is 385 cm³/mol. The van der Waals surface area contributed by atoms with Crippen LogP contribution in [0.3, 0.4) is 0 Å². The summed E-state index contributed by atoms with van der Waals surface area (Å²) in [7, 11) is 6.39. The second kappa shape index (κ2) is 24.1. The molecule has 93 heavy (non-hydrogen) atoms. The number of aromatic nitrogens is 3. The highest BCUT2D eigenvalue weighted by Gasteiger charge is 2.26. The van der Waals surface area contributed by atoms with Crippen LogP contribution in [-0.4, -0.2) is 0 Å². The van der Waals surface area contributed by atoms with Crippen molar-refractivity contribution >= 4 is 98.1 Å². The molecule has 0 saturated heterocycles. The number of benzene rings is 10. The summed E-state index contributed by atoms with van der Waals surface area (Å²) in [6.07, 6.45) is 20.1. The molecule has 0 unspecified atom stereocenters. The molecule has 0 spiro atoms. The average molecular weight is 1210 g/mol. The van der Waals surface area contributed by atoms with Gasteiger partial charge in [-0.15, -0.1) is 0 Å². The smallest absolute Gasteiger partial charge is 0.213 e. The predicted octanol–water partition coefficient (Wildman–Crippen LogP) is 22.1. The van der Waals surface area contributed by atoms with Crippen LogP contribution in [0.2, 0.25) is 0 Å². The summed E-state index contributed by atoms with van der Waals surface area (Å²) in [5, 5.41) is 14.7. The second-order valence-electron chi connectivity index (χ2n) is 26.6. The van der Waals surface area contributed by atoms with Crippen molar-refractivity contribution in [1.82, 2.24) is 0 Å². The van der Waals surface area contributed by atoms with Crippen LogP contribution in [0.1, 0.15) is 91.5 Å². The Balaban J connectivity index is 0.000000111. The topological polar surface area (TPSA) is 51.1 Å². The lowest BCUT2D eigenvalue weighted by Gasteiger charge is -2.21. The van der Waals surface area contributed by atoms with Crippen molar-refractivity contribution in [2.24, 2.45) is 27.1 Å². The normalized spacial score (nSPS) is 13.9. The van der Waals surface area contributed by atoms with Crippen molar-refractivity contribution in [2.45, 2.75) is 90.9 Å². The molecule has 0 atom stereocenters. The molecule has 10 aromatic carbocycles. The Hall–Kier alpha value is -10.2. The Kier molecular flexibility index (Phi) is 15.0. The Morgan fingerprint density at radius 3 is 1.24 bits per heavy atom. The van der Waals surface area contributed by atoms with Crippen LogP contribution in [0.4, 0.5) is 0 Å². The molecule has 0 bridgehead atoms. The van der Waals surface area contributed by atoms with Gasteiger partial charge in [0.15, 0.2) is 18.6 Å². The first kappa shape index (κ1) is 58.0. The van der Waals surface area contributed by atoms with E-state index >= 15 is 0 Å². The summed E-state index contributed by atoms with van der Waals surface area (Å²) in [5.41, 5.74) is 22.2. The van der Waals surface area contributed by atoms with E-state index < -0.39 is 0 Å². The molecule has 6 heterocycles. The van der Waals surface area contributed by atoms with Crippen LogP contribution >= 0.6 is 0 Å². The Bertz CT molecular complexity index is 5560. The van der Waals surface area contributed by atoms with Crippen molar-refractivity contribution in [2.75, 3.05) is 0 Å². The quantitative estimate of drug-likeness (QED) is 0.149. The summed E-state index contributed by atoms with van der Waals surface area (Å²) in [6, 6.07) is 76.3. The molecule has 456 valence electrons. The molecule has 6 nitrogen and oxygen atoms in total. The molecule has 2 fully saturated rings. The van der Waals surface area contributed by atoms with E-state index in [0.717, 1.165) is 39.4 Å². The van der Waals surface area contributed by atoms with E-state index in [2.05, 4.69) is 287 Å². The summed E-state index contributed by atoms with van der Waals surface area (Å²) >= 11 is 0. The molecule has 0 aliphatic heterocycles. The molecule has 0 radical (unpaired) electrons. The SMILES string of the molecule is Cc1c(-c2cc(-c3ccccc3)cc[n+]2C)ccc2c1oc1ccc3ccccc3c12.Cc1c(-c2cc(C3CCCC3)cc[n+]2C)ccc2c1oc1ccc3ccccc3c12.Cc1c(-c2cc(CC3CCCCC3)cc[n+]2C)ccc2c1oc1ccc3ccccc3c12. The van der Waals surface area contributed by atoms with Crippen molar-refractivity contribution in [1.29, 1.82) is 0 Å². The van der Waals surface area contributed by atoms with Gasteiger partial charge in [0.05, 0.1) is 16.7 Å². The molecular weight excluding hydrogens is 1130 g/mol. The van der Waals surface area contributed by atoms with Gasteiger partial charge in [-0.2, -0.15) is 0 Å². The van der Waals surface area contributed by atoms with Gasteiger partial charge in [0.2, 0.25) is 17.1 Å². The largest absolute Gasteiger partial charge is 0.456 e. The number of hydrogen-bond donors (Lipinski definition) is 0. The minimum atomic E-state index is 0.714. The molecule has 0 amide bonds. The highest BCUT2D eigenvalue weighted by molar-refractivity contribution is 6.22. The standard InChI is InChI=1S/C30H30NO.C29H22NO.C28H26NO/c1-20-24(27-19-22(16-17-31(27)2)18-21-8-4-3-5-9-21)13-14-26-29-25-11-7-6-10-23(25)12-15-28(29)32-30(20)26;1-19-23(26-18-22(16-17-30(26)2)20-8-4-3-5-9-20)13-14-25-28-24-11-7-6-10-21(24)12-15-27(28)31-29(19)25;1-18-22(25-17-21(15-16-29(25)2)19-7-3-4-8-19)12-13-24-27-23-10-6-5-9-20(23)11-14-26(27)30-28(18)24/h6-7,10-17,19,21H,3-5,8-9,18H2,1-2H3;3-18H,1-2H3;5-6,9-17,19H,3-4,7-8H2,1-2H3/q3*+1. The van der Waals surface area contributed by atoms with Crippen LogP contribution in [0.15, 0.2) is 244 Å². The Morgan fingerprint density at radius 1 is 0.344 bits per heavy atom. The average Bonchev–Trinajstić information content (AvgIpc) is 1.62. The fraction of sp³-hybridized carbons (Fsp3) is 0.207. The van der Waals surface area contributed by atoms with E-state index in [4.69, 9.17) is 13.3 Å².